The minimum Gasteiger partial charge on any atom is -0.396 e. The first-order valence-electron chi connectivity index (χ1n) is 4.30. The second kappa shape index (κ2) is 6.00. The summed E-state index contributed by atoms with van der Waals surface area (Å²) in [5, 5.41) is 3.69. The molecule has 0 radical (unpaired) electrons. The lowest BCUT2D eigenvalue weighted by Gasteiger charge is -1.89. The van der Waals surface area contributed by atoms with E-state index in [0.29, 0.717) is 6.61 Å². The highest BCUT2D eigenvalue weighted by Crippen LogP contribution is 1.99. The zero-order valence-corrected chi connectivity index (χ0v) is 7.68. The lowest BCUT2D eigenvalue weighted by molar-refractivity contribution is 0.160. The summed E-state index contributed by atoms with van der Waals surface area (Å²) in [6.45, 7) is 2.51. The van der Waals surface area contributed by atoms with Gasteiger partial charge < -0.3 is 4.84 Å². The van der Waals surface area contributed by atoms with Crippen molar-refractivity contribution >= 4 is 12.3 Å². The van der Waals surface area contributed by atoms with Crippen LogP contribution in [-0.4, -0.2) is 12.8 Å². The average Bonchev–Trinajstić information content (AvgIpc) is 2.19. The van der Waals surface area contributed by atoms with Crippen LogP contribution in [0.2, 0.25) is 0 Å². The summed E-state index contributed by atoms with van der Waals surface area (Å²) < 4.78 is 0. The van der Waals surface area contributed by atoms with Crippen LogP contribution in [0.5, 0.6) is 0 Å². The molecule has 2 nitrogen and oxygen atoms in total. The molecule has 0 aromatic heterocycles. The zero-order chi connectivity index (χ0) is 9.36. The molecule has 2 heteroatoms. The van der Waals surface area contributed by atoms with Gasteiger partial charge in [0, 0.05) is 0 Å². The van der Waals surface area contributed by atoms with Gasteiger partial charge in [0.2, 0.25) is 0 Å². The molecule has 0 spiro atoms. The number of benzene rings is 1. The molecule has 0 aliphatic heterocycles. The molecule has 0 saturated heterocycles. The van der Waals surface area contributed by atoms with Gasteiger partial charge in [0.15, 0.2) is 0 Å². The molecular formula is C11H13NO. The summed E-state index contributed by atoms with van der Waals surface area (Å²) in [4.78, 5) is 4.79. The number of nitrogens with zero attached hydrogens (tertiary/aromatic N) is 1. The van der Waals surface area contributed by atoms with Gasteiger partial charge >= 0.3 is 0 Å². The zero-order valence-electron chi connectivity index (χ0n) is 7.68. The molecule has 0 atom stereocenters. The normalized spacial score (nSPS) is 11.2. The number of rotatable bonds is 4. The molecule has 0 bridgehead atoms. The lowest BCUT2D eigenvalue weighted by Crippen LogP contribution is -1.77. The van der Waals surface area contributed by atoms with Crippen molar-refractivity contribution in [2.24, 2.45) is 5.16 Å². The van der Waals surface area contributed by atoms with Gasteiger partial charge in [0.1, 0.15) is 6.61 Å². The predicted octanol–water partition coefficient (Wildman–Crippen LogP) is 2.72. The van der Waals surface area contributed by atoms with Crippen LogP contribution >= 0.6 is 0 Å². The molecule has 0 amide bonds. The van der Waals surface area contributed by atoms with Crippen LogP contribution in [0.15, 0.2) is 41.6 Å². The fourth-order valence-electron chi connectivity index (χ4n) is 0.871. The monoisotopic (exact) mass is 175 g/mol. The van der Waals surface area contributed by atoms with Crippen LogP contribution < -0.4 is 0 Å². The van der Waals surface area contributed by atoms with Crippen LogP contribution in [0.25, 0.3) is 6.08 Å². The highest BCUT2D eigenvalue weighted by atomic mass is 16.6. The van der Waals surface area contributed by atoms with Gasteiger partial charge in [-0.3, -0.25) is 0 Å². The highest BCUT2D eigenvalue weighted by Gasteiger charge is 1.79. The van der Waals surface area contributed by atoms with Gasteiger partial charge in [-0.1, -0.05) is 41.6 Å². The number of hydrogen-bond donors (Lipinski definition) is 0. The van der Waals surface area contributed by atoms with E-state index >= 15 is 0 Å². The molecule has 0 N–H and O–H groups in total. The molecule has 1 aromatic carbocycles. The van der Waals surface area contributed by atoms with E-state index in [4.69, 9.17) is 4.84 Å². The van der Waals surface area contributed by atoms with Crippen molar-refractivity contribution < 1.29 is 4.84 Å². The van der Waals surface area contributed by atoms with Gasteiger partial charge in [-0.05, 0) is 18.6 Å². The van der Waals surface area contributed by atoms with E-state index in [1.54, 1.807) is 6.21 Å². The third kappa shape index (κ3) is 4.11. The Balaban J connectivity index is 2.41. The Morgan fingerprint density at radius 2 is 2.08 bits per heavy atom. The summed E-state index contributed by atoms with van der Waals surface area (Å²) in [5.41, 5.74) is 1.16. The van der Waals surface area contributed by atoms with E-state index < -0.39 is 0 Å². The van der Waals surface area contributed by atoms with Crippen molar-refractivity contribution in [3.05, 3.63) is 42.0 Å². The summed E-state index contributed by atoms with van der Waals surface area (Å²) in [5.74, 6) is 0. The van der Waals surface area contributed by atoms with Crippen LogP contribution in [-0.2, 0) is 4.84 Å². The molecule has 1 rings (SSSR count). The fourth-order valence-corrected chi connectivity index (χ4v) is 0.871. The minimum atomic E-state index is 0.607. The molecule has 1 aromatic rings. The molecule has 0 saturated carbocycles. The van der Waals surface area contributed by atoms with Crippen molar-refractivity contribution in [1.82, 2.24) is 0 Å². The largest absolute Gasteiger partial charge is 0.396 e. The van der Waals surface area contributed by atoms with Crippen molar-refractivity contribution in [2.45, 2.75) is 6.92 Å². The Kier molecular flexibility index (Phi) is 4.39. The van der Waals surface area contributed by atoms with Gasteiger partial charge in [-0.25, -0.2) is 0 Å². The minimum absolute atomic E-state index is 0.607. The number of allylic oxidation sites excluding steroid dienone is 1. The summed E-state index contributed by atoms with van der Waals surface area (Å²) in [6.07, 6.45) is 5.46. The van der Waals surface area contributed by atoms with E-state index in [-0.39, 0.29) is 0 Å². The van der Waals surface area contributed by atoms with Gasteiger partial charge in [-0.15, -0.1) is 0 Å². The Morgan fingerprint density at radius 3 is 2.77 bits per heavy atom. The third-order valence-corrected chi connectivity index (χ3v) is 1.44. The van der Waals surface area contributed by atoms with Gasteiger partial charge in [0.25, 0.3) is 0 Å². The second-order valence-electron chi connectivity index (χ2n) is 2.44. The van der Waals surface area contributed by atoms with E-state index in [9.17, 15) is 0 Å². The standard InChI is InChI=1S/C11H13NO/c1-2-13-12-10-6-9-11-7-4-3-5-8-11/h3-10H,2H2,1H3/b9-6+,12-10+. The van der Waals surface area contributed by atoms with Crippen molar-refractivity contribution in [1.29, 1.82) is 0 Å². The molecule has 0 fully saturated rings. The second-order valence-corrected chi connectivity index (χ2v) is 2.44. The maximum Gasteiger partial charge on any atom is 0.114 e. The van der Waals surface area contributed by atoms with Crippen molar-refractivity contribution in [3.8, 4) is 0 Å². The summed E-state index contributed by atoms with van der Waals surface area (Å²) in [7, 11) is 0. The van der Waals surface area contributed by atoms with Crippen molar-refractivity contribution in [3.63, 3.8) is 0 Å². The Morgan fingerprint density at radius 1 is 1.31 bits per heavy atom. The Bertz CT molecular complexity index is 277. The van der Waals surface area contributed by atoms with E-state index in [1.807, 2.05) is 49.4 Å². The van der Waals surface area contributed by atoms with Gasteiger partial charge in [-0.2, -0.15) is 0 Å². The predicted molar refractivity (Wildman–Crippen MR) is 55.6 cm³/mol. The quantitative estimate of drug-likeness (QED) is 0.509. The molecule has 0 aliphatic rings. The first-order valence-corrected chi connectivity index (χ1v) is 4.30. The molecule has 0 heterocycles. The average molecular weight is 175 g/mol. The fraction of sp³-hybridized carbons (Fsp3) is 0.182. The first kappa shape index (κ1) is 9.52. The lowest BCUT2D eigenvalue weighted by atomic mass is 10.2. The van der Waals surface area contributed by atoms with Crippen molar-refractivity contribution in [2.75, 3.05) is 6.61 Å². The van der Waals surface area contributed by atoms with Gasteiger partial charge in [0.05, 0.1) is 6.21 Å². The highest BCUT2D eigenvalue weighted by molar-refractivity contribution is 5.77. The first-order chi connectivity index (χ1) is 6.43. The molecule has 0 aliphatic carbocycles. The summed E-state index contributed by atoms with van der Waals surface area (Å²) in [6, 6.07) is 10.1. The topological polar surface area (TPSA) is 21.6 Å². The SMILES string of the molecule is CCO/N=C/C=C/c1ccccc1. The number of oxime groups is 1. The Labute approximate surface area is 78.5 Å². The molecule has 13 heavy (non-hydrogen) atoms. The number of hydrogen-bond acceptors (Lipinski definition) is 2. The maximum atomic E-state index is 4.79. The molecular weight excluding hydrogens is 162 g/mol. The smallest absolute Gasteiger partial charge is 0.114 e. The Hall–Kier alpha value is -1.57. The van der Waals surface area contributed by atoms with E-state index in [2.05, 4.69) is 5.16 Å². The molecule has 0 unspecified atom stereocenters. The van der Waals surface area contributed by atoms with Crippen LogP contribution in [0.1, 0.15) is 12.5 Å². The van der Waals surface area contributed by atoms with E-state index in [0.717, 1.165) is 5.56 Å². The van der Waals surface area contributed by atoms with Crippen LogP contribution in [0, 0.1) is 0 Å². The van der Waals surface area contributed by atoms with Crippen LogP contribution in [0.4, 0.5) is 0 Å². The van der Waals surface area contributed by atoms with E-state index in [1.165, 1.54) is 0 Å². The summed E-state index contributed by atoms with van der Waals surface area (Å²) >= 11 is 0. The third-order valence-electron chi connectivity index (χ3n) is 1.44. The maximum absolute atomic E-state index is 4.79. The van der Waals surface area contributed by atoms with Crippen LogP contribution in [0.3, 0.4) is 0 Å². The molecule has 68 valence electrons.